The van der Waals surface area contributed by atoms with Crippen molar-refractivity contribution in [2.45, 2.75) is 25.9 Å². The molecule has 0 aliphatic carbocycles. The molecule has 0 saturated heterocycles. The molecule has 2 heteroatoms. The molecule has 0 radical (unpaired) electrons. The highest BCUT2D eigenvalue weighted by Gasteiger charge is 2.14. The quantitative estimate of drug-likeness (QED) is 0.575. The molecule has 3 aromatic rings. The summed E-state index contributed by atoms with van der Waals surface area (Å²) in [6.45, 7) is 6.45. The standard InChI is InChI=1S/C18H15P.C4H11P/c1-4-10-16(11-5-1)19(17-12-6-2-7-13-17)18-14-8-3-9-15-18;1-4(2,3)5/h1-15H;5H2,1-3H3. The molecule has 1 unspecified atom stereocenters. The van der Waals surface area contributed by atoms with E-state index in [2.05, 4.69) is 121 Å². The summed E-state index contributed by atoms with van der Waals surface area (Å²) in [6, 6.07) is 32.3. The summed E-state index contributed by atoms with van der Waals surface area (Å²) in [5, 5.41) is 4.61. The third kappa shape index (κ3) is 6.56. The van der Waals surface area contributed by atoms with Crippen molar-refractivity contribution in [3.8, 4) is 0 Å². The smallest absolute Gasteiger partial charge is 0.0134 e. The Morgan fingerprint density at radius 3 is 0.958 bits per heavy atom. The van der Waals surface area contributed by atoms with E-state index < -0.39 is 7.92 Å². The second kappa shape index (κ2) is 9.12. The molecular formula is C22H26P2. The first-order valence-corrected chi connectivity index (χ1v) is 10.1. The van der Waals surface area contributed by atoms with Crippen LogP contribution in [0.2, 0.25) is 0 Å². The van der Waals surface area contributed by atoms with Gasteiger partial charge in [0.25, 0.3) is 0 Å². The number of benzene rings is 3. The molecule has 0 saturated carbocycles. The Morgan fingerprint density at radius 2 is 0.750 bits per heavy atom. The van der Waals surface area contributed by atoms with E-state index >= 15 is 0 Å². The molecule has 0 fully saturated rings. The fourth-order valence-electron chi connectivity index (χ4n) is 2.18. The van der Waals surface area contributed by atoms with Crippen molar-refractivity contribution < 1.29 is 0 Å². The fourth-order valence-corrected chi connectivity index (χ4v) is 4.48. The summed E-state index contributed by atoms with van der Waals surface area (Å²) in [5.41, 5.74) is 0. The van der Waals surface area contributed by atoms with Crippen molar-refractivity contribution in [3.63, 3.8) is 0 Å². The Hall–Kier alpha value is -1.48. The Morgan fingerprint density at radius 1 is 0.542 bits per heavy atom. The minimum Gasteiger partial charge on any atom is -0.132 e. The SMILES string of the molecule is CC(C)(C)P.c1ccc(P(c2ccccc2)c2ccccc2)cc1. The Labute approximate surface area is 150 Å². The molecule has 124 valence electrons. The van der Waals surface area contributed by atoms with Crippen LogP contribution in [0, 0.1) is 0 Å². The molecule has 0 nitrogen and oxygen atoms in total. The third-order valence-corrected chi connectivity index (χ3v) is 5.49. The van der Waals surface area contributed by atoms with Crippen molar-refractivity contribution in [2.75, 3.05) is 0 Å². The van der Waals surface area contributed by atoms with E-state index in [1.807, 2.05) is 0 Å². The van der Waals surface area contributed by atoms with E-state index in [0.29, 0.717) is 5.16 Å². The van der Waals surface area contributed by atoms with Crippen LogP contribution in [-0.4, -0.2) is 5.16 Å². The Balaban J connectivity index is 0.000000368. The van der Waals surface area contributed by atoms with Gasteiger partial charge >= 0.3 is 0 Å². The van der Waals surface area contributed by atoms with Crippen LogP contribution >= 0.6 is 17.2 Å². The van der Waals surface area contributed by atoms with E-state index in [-0.39, 0.29) is 0 Å². The minimum atomic E-state index is -0.446. The van der Waals surface area contributed by atoms with Crippen LogP contribution in [0.1, 0.15) is 20.8 Å². The summed E-state index contributed by atoms with van der Waals surface area (Å²) < 4.78 is 0. The zero-order valence-corrected chi connectivity index (χ0v) is 16.7. The Bertz CT molecular complexity index is 601. The lowest BCUT2D eigenvalue weighted by molar-refractivity contribution is 0.804. The molecule has 0 spiro atoms. The lowest BCUT2D eigenvalue weighted by Gasteiger charge is -2.18. The van der Waals surface area contributed by atoms with Gasteiger partial charge in [-0.2, -0.15) is 0 Å². The number of hydrogen-bond donors (Lipinski definition) is 0. The summed E-state index contributed by atoms with van der Waals surface area (Å²) in [5.74, 6) is 0. The monoisotopic (exact) mass is 352 g/mol. The molecule has 0 bridgehead atoms. The van der Waals surface area contributed by atoms with Gasteiger partial charge in [-0.3, -0.25) is 0 Å². The van der Waals surface area contributed by atoms with Gasteiger partial charge in [-0.15, -0.1) is 9.24 Å². The highest BCUT2D eigenvalue weighted by molar-refractivity contribution is 7.79. The maximum Gasteiger partial charge on any atom is -0.0134 e. The lowest BCUT2D eigenvalue weighted by atomic mass is 10.3. The van der Waals surface area contributed by atoms with Gasteiger partial charge < -0.3 is 0 Å². The van der Waals surface area contributed by atoms with Crippen LogP contribution in [-0.2, 0) is 0 Å². The van der Waals surface area contributed by atoms with E-state index in [1.54, 1.807) is 0 Å². The first-order chi connectivity index (χ1) is 11.4. The van der Waals surface area contributed by atoms with Crippen molar-refractivity contribution in [3.05, 3.63) is 91.0 Å². The molecule has 24 heavy (non-hydrogen) atoms. The average molecular weight is 352 g/mol. The zero-order valence-electron chi connectivity index (χ0n) is 14.7. The second-order valence-corrected chi connectivity index (χ2v) is 10.7. The summed E-state index contributed by atoms with van der Waals surface area (Å²) in [6.07, 6.45) is 0. The Kier molecular flexibility index (Phi) is 7.16. The molecule has 3 rings (SSSR count). The molecule has 0 aromatic heterocycles. The first-order valence-electron chi connectivity index (χ1n) is 8.19. The molecule has 0 heterocycles. The lowest BCUT2D eigenvalue weighted by Crippen LogP contribution is -2.20. The van der Waals surface area contributed by atoms with Gasteiger partial charge in [0, 0.05) is 0 Å². The zero-order chi connectivity index (χ0) is 17.4. The summed E-state index contributed by atoms with van der Waals surface area (Å²) in [7, 11) is 2.27. The molecule has 3 aromatic carbocycles. The molecule has 0 aliphatic heterocycles. The van der Waals surface area contributed by atoms with Gasteiger partial charge in [-0.25, -0.2) is 0 Å². The predicted octanol–water partition coefficient (Wildman–Crippen LogP) is 5.10. The number of hydrogen-bond acceptors (Lipinski definition) is 0. The van der Waals surface area contributed by atoms with Gasteiger partial charge in [0.2, 0.25) is 0 Å². The van der Waals surface area contributed by atoms with Crippen LogP contribution in [0.15, 0.2) is 91.0 Å². The van der Waals surface area contributed by atoms with Crippen LogP contribution in [0.25, 0.3) is 0 Å². The van der Waals surface area contributed by atoms with Gasteiger partial charge in [0.05, 0.1) is 0 Å². The first kappa shape index (κ1) is 18.9. The maximum atomic E-state index is 2.72. The highest BCUT2D eigenvalue weighted by atomic mass is 31.1. The predicted molar refractivity (Wildman–Crippen MR) is 115 cm³/mol. The third-order valence-electron chi connectivity index (χ3n) is 3.04. The van der Waals surface area contributed by atoms with Gasteiger partial charge in [0.1, 0.15) is 0 Å². The number of rotatable bonds is 3. The molecule has 0 N–H and O–H groups in total. The van der Waals surface area contributed by atoms with Crippen LogP contribution < -0.4 is 15.9 Å². The van der Waals surface area contributed by atoms with Gasteiger partial charge in [-0.05, 0) is 29.0 Å². The van der Waals surface area contributed by atoms with Crippen molar-refractivity contribution in [1.82, 2.24) is 0 Å². The molecule has 0 amide bonds. The van der Waals surface area contributed by atoms with Crippen LogP contribution in [0.4, 0.5) is 0 Å². The van der Waals surface area contributed by atoms with E-state index in [0.717, 1.165) is 0 Å². The normalized spacial score (nSPS) is 10.9. The minimum absolute atomic E-state index is 0.417. The molecule has 0 aliphatic rings. The van der Waals surface area contributed by atoms with Gasteiger partial charge in [0.15, 0.2) is 0 Å². The van der Waals surface area contributed by atoms with E-state index in [4.69, 9.17) is 0 Å². The topological polar surface area (TPSA) is 0 Å². The second-order valence-electron chi connectivity index (χ2n) is 6.71. The largest absolute Gasteiger partial charge is 0.132 e. The van der Waals surface area contributed by atoms with Crippen molar-refractivity contribution in [2.24, 2.45) is 0 Å². The van der Waals surface area contributed by atoms with Crippen molar-refractivity contribution in [1.29, 1.82) is 0 Å². The fraction of sp³-hybridized carbons (Fsp3) is 0.182. The van der Waals surface area contributed by atoms with Crippen molar-refractivity contribution >= 4 is 33.1 Å². The van der Waals surface area contributed by atoms with Crippen LogP contribution in [0.5, 0.6) is 0 Å². The average Bonchev–Trinajstić information content (AvgIpc) is 2.57. The summed E-state index contributed by atoms with van der Waals surface area (Å²) >= 11 is 0. The molecular weight excluding hydrogens is 326 g/mol. The maximum absolute atomic E-state index is 2.72. The highest BCUT2D eigenvalue weighted by Crippen LogP contribution is 2.32. The summed E-state index contributed by atoms with van der Waals surface area (Å²) in [4.78, 5) is 0. The molecule has 1 atom stereocenters. The van der Waals surface area contributed by atoms with Gasteiger partial charge in [-0.1, -0.05) is 112 Å². The van der Waals surface area contributed by atoms with E-state index in [1.165, 1.54) is 15.9 Å². The van der Waals surface area contributed by atoms with Crippen LogP contribution in [0.3, 0.4) is 0 Å². The van der Waals surface area contributed by atoms with E-state index in [9.17, 15) is 0 Å².